The second-order valence-electron chi connectivity index (χ2n) is 3.79. The van der Waals surface area contributed by atoms with Gasteiger partial charge in [-0.2, -0.15) is 0 Å². The van der Waals surface area contributed by atoms with Gasteiger partial charge in [0, 0.05) is 6.04 Å². The molecule has 1 rings (SSSR count). The predicted octanol–water partition coefficient (Wildman–Crippen LogP) is 3.39. The van der Waals surface area contributed by atoms with Crippen molar-refractivity contribution < 1.29 is 13.5 Å². The molecule has 17 heavy (non-hydrogen) atoms. The molecule has 0 bridgehead atoms. The Morgan fingerprint density at radius 2 is 1.82 bits per heavy atom. The molecule has 0 saturated carbocycles. The summed E-state index contributed by atoms with van der Waals surface area (Å²) in [6.07, 6.45) is -1.44. The van der Waals surface area contributed by atoms with Crippen molar-refractivity contribution in [3.8, 4) is 5.75 Å². The molecule has 0 radical (unpaired) electrons. The lowest BCUT2D eigenvalue weighted by Crippen LogP contribution is -2.19. The summed E-state index contributed by atoms with van der Waals surface area (Å²) in [7, 11) is 0. The first-order valence-corrected chi connectivity index (χ1v) is 5.91. The van der Waals surface area contributed by atoms with E-state index in [1.54, 1.807) is 12.1 Å². The van der Waals surface area contributed by atoms with E-state index in [1.165, 1.54) is 0 Å². The van der Waals surface area contributed by atoms with Crippen LogP contribution >= 0.6 is 0 Å². The zero-order valence-electron chi connectivity index (χ0n) is 10.2. The largest absolute Gasteiger partial charge is 0.488 e. The van der Waals surface area contributed by atoms with Gasteiger partial charge in [-0.1, -0.05) is 26.0 Å². The second kappa shape index (κ2) is 7.22. The number of nitrogens with one attached hydrogen (secondary N) is 1. The number of rotatable bonds is 7. The lowest BCUT2D eigenvalue weighted by molar-refractivity contribution is 0.0819. The Balaban J connectivity index is 2.59. The predicted molar refractivity (Wildman–Crippen MR) is 64.6 cm³/mol. The summed E-state index contributed by atoms with van der Waals surface area (Å²) in [6.45, 7) is 4.52. The average Bonchev–Trinajstić information content (AvgIpc) is 2.34. The molecule has 1 N–H and O–H groups in total. The summed E-state index contributed by atoms with van der Waals surface area (Å²) >= 11 is 0. The van der Waals surface area contributed by atoms with Crippen LogP contribution in [0.15, 0.2) is 24.3 Å². The molecular formula is C13H19F2NO. The molecule has 4 heteroatoms. The third-order valence-corrected chi connectivity index (χ3v) is 2.52. The Labute approximate surface area is 101 Å². The van der Waals surface area contributed by atoms with Crippen molar-refractivity contribution in [1.82, 2.24) is 5.32 Å². The van der Waals surface area contributed by atoms with Gasteiger partial charge in [-0.15, -0.1) is 0 Å². The van der Waals surface area contributed by atoms with Gasteiger partial charge >= 0.3 is 0 Å². The fourth-order valence-corrected chi connectivity index (χ4v) is 1.70. The molecule has 1 unspecified atom stereocenters. The Morgan fingerprint density at radius 1 is 1.18 bits per heavy atom. The van der Waals surface area contributed by atoms with Crippen molar-refractivity contribution in [2.75, 3.05) is 13.2 Å². The Hall–Kier alpha value is -1.16. The Kier molecular flexibility index (Phi) is 5.91. The number of hydrogen-bond acceptors (Lipinski definition) is 2. The lowest BCUT2D eigenvalue weighted by atomic mass is 10.0. The van der Waals surface area contributed by atoms with E-state index < -0.39 is 13.0 Å². The van der Waals surface area contributed by atoms with Gasteiger partial charge in [-0.05, 0) is 30.7 Å². The normalized spacial score (nSPS) is 12.8. The van der Waals surface area contributed by atoms with Crippen molar-refractivity contribution >= 4 is 0 Å². The molecule has 1 atom stereocenters. The third-order valence-electron chi connectivity index (χ3n) is 2.52. The van der Waals surface area contributed by atoms with Crippen molar-refractivity contribution in [3.63, 3.8) is 0 Å². The molecule has 0 aromatic heterocycles. The zero-order valence-corrected chi connectivity index (χ0v) is 10.2. The molecule has 1 aromatic rings. The van der Waals surface area contributed by atoms with E-state index in [2.05, 4.69) is 19.2 Å². The van der Waals surface area contributed by atoms with Crippen molar-refractivity contribution in [2.45, 2.75) is 32.7 Å². The van der Waals surface area contributed by atoms with E-state index in [9.17, 15) is 8.78 Å². The summed E-state index contributed by atoms with van der Waals surface area (Å²) in [4.78, 5) is 0. The molecule has 0 amide bonds. The van der Waals surface area contributed by atoms with E-state index in [4.69, 9.17) is 4.74 Å². The van der Waals surface area contributed by atoms with E-state index in [0.29, 0.717) is 11.8 Å². The van der Waals surface area contributed by atoms with Gasteiger partial charge in [0.1, 0.15) is 12.4 Å². The van der Waals surface area contributed by atoms with Crippen LogP contribution in [-0.2, 0) is 0 Å². The molecule has 1 aromatic carbocycles. The fourth-order valence-electron chi connectivity index (χ4n) is 1.70. The SMILES string of the molecule is CCNC(CC)c1ccc(OCC(F)F)cc1. The number of hydrogen-bond donors (Lipinski definition) is 1. The van der Waals surface area contributed by atoms with Crippen LogP contribution in [0.5, 0.6) is 5.75 Å². The highest BCUT2D eigenvalue weighted by Gasteiger charge is 2.08. The highest BCUT2D eigenvalue weighted by atomic mass is 19.3. The van der Waals surface area contributed by atoms with E-state index in [0.717, 1.165) is 18.5 Å². The van der Waals surface area contributed by atoms with Crippen LogP contribution in [0.4, 0.5) is 8.78 Å². The van der Waals surface area contributed by atoms with Crippen LogP contribution in [0, 0.1) is 0 Å². The topological polar surface area (TPSA) is 21.3 Å². The molecule has 0 heterocycles. The molecule has 0 saturated heterocycles. The number of alkyl halides is 2. The summed E-state index contributed by atoms with van der Waals surface area (Å²) < 4.78 is 28.8. The number of ether oxygens (including phenoxy) is 1. The molecule has 0 aliphatic carbocycles. The van der Waals surface area contributed by atoms with E-state index >= 15 is 0 Å². The minimum Gasteiger partial charge on any atom is -0.488 e. The van der Waals surface area contributed by atoms with E-state index in [1.807, 2.05) is 12.1 Å². The van der Waals surface area contributed by atoms with E-state index in [-0.39, 0.29) is 0 Å². The molecule has 0 fully saturated rings. The number of halogens is 2. The summed E-state index contributed by atoms with van der Waals surface area (Å²) in [5.41, 5.74) is 1.15. The zero-order chi connectivity index (χ0) is 12.7. The van der Waals surface area contributed by atoms with Crippen LogP contribution < -0.4 is 10.1 Å². The van der Waals surface area contributed by atoms with Crippen molar-refractivity contribution in [2.24, 2.45) is 0 Å². The maximum absolute atomic E-state index is 11.9. The molecule has 0 aliphatic rings. The Bertz CT molecular complexity index is 314. The first-order chi connectivity index (χ1) is 8.17. The van der Waals surface area contributed by atoms with Crippen molar-refractivity contribution in [1.29, 1.82) is 0 Å². The van der Waals surface area contributed by atoms with Gasteiger partial charge in [0.25, 0.3) is 6.43 Å². The van der Waals surface area contributed by atoms with Gasteiger partial charge < -0.3 is 10.1 Å². The van der Waals surface area contributed by atoms with Crippen molar-refractivity contribution in [3.05, 3.63) is 29.8 Å². The standard InChI is InChI=1S/C13H19F2NO/c1-3-12(16-4-2)10-5-7-11(8-6-10)17-9-13(14)15/h5-8,12-13,16H,3-4,9H2,1-2H3. The number of benzene rings is 1. The fraction of sp³-hybridized carbons (Fsp3) is 0.538. The monoisotopic (exact) mass is 243 g/mol. The Morgan fingerprint density at radius 3 is 2.29 bits per heavy atom. The quantitative estimate of drug-likeness (QED) is 0.792. The van der Waals surface area contributed by atoms with Crippen LogP contribution in [0.3, 0.4) is 0 Å². The average molecular weight is 243 g/mol. The smallest absolute Gasteiger partial charge is 0.272 e. The molecule has 2 nitrogen and oxygen atoms in total. The molecular weight excluding hydrogens is 224 g/mol. The summed E-state index contributed by atoms with van der Waals surface area (Å²) in [6, 6.07) is 7.61. The van der Waals surface area contributed by atoms with Gasteiger partial charge in [0.2, 0.25) is 0 Å². The lowest BCUT2D eigenvalue weighted by Gasteiger charge is -2.16. The highest BCUT2D eigenvalue weighted by Crippen LogP contribution is 2.20. The van der Waals surface area contributed by atoms with Crippen LogP contribution in [0.25, 0.3) is 0 Å². The molecule has 0 spiro atoms. The maximum atomic E-state index is 11.9. The van der Waals surface area contributed by atoms with Gasteiger partial charge in [0.15, 0.2) is 0 Å². The van der Waals surface area contributed by atoms with Gasteiger partial charge in [-0.3, -0.25) is 0 Å². The summed E-state index contributed by atoms with van der Waals surface area (Å²) in [5.74, 6) is 0.486. The molecule has 0 aliphatic heterocycles. The highest BCUT2D eigenvalue weighted by molar-refractivity contribution is 5.29. The summed E-state index contributed by atoms with van der Waals surface area (Å²) in [5, 5.41) is 3.36. The second-order valence-corrected chi connectivity index (χ2v) is 3.79. The first-order valence-electron chi connectivity index (χ1n) is 5.91. The first kappa shape index (κ1) is 13.9. The molecule has 96 valence electrons. The minimum atomic E-state index is -2.43. The van der Waals surface area contributed by atoms with Gasteiger partial charge in [0.05, 0.1) is 0 Å². The maximum Gasteiger partial charge on any atom is 0.272 e. The van der Waals surface area contributed by atoms with Crippen LogP contribution in [0.1, 0.15) is 31.9 Å². The van der Waals surface area contributed by atoms with Crippen LogP contribution in [-0.4, -0.2) is 19.6 Å². The van der Waals surface area contributed by atoms with Gasteiger partial charge in [-0.25, -0.2) is 8.78 Å². The third kappa shape index (κ3) is 4.69. The van der Waals surface area contributed by atoms with Crippen LogP contribution in [0.2, 0.25) is 0 Å². The minimum absolute atomic E-state index is 0.309.